The van der Waals surface area contributed by atoms with Crippen LogP contribution in [0.25, 0.3) is 10.9 Å². The van der Waals surface area contributed by atoms with E-state index in [-0.39, 0.29) is 42.9 Å². The number of nitrogens with zero attached hydrogens (tertiary/aromatic N) is 4. The number of rotatable bonds is 4. The van der Waals surface area contributed by atoms with Gasteiger partial charge in [0, 0.05) is 30.2 Å². The van der Waals surface area contributed by atoms with Crippen molar-refractivity contribution < 1.29 is 45.8 Å². The fourth-order valence-corrected chi connectivity index (χ4v) is 4.24. The highest BCUT2D eigenvalue weighted by Crippen LogP contribution is 2.22. The first-order valence-electron chi connectivity index (χ1n) is 12.3. The van der Waals surface area contributed by atoms with Gasteiger partial charge in [0.1, 0.15) is 12.4 Å². The van der Waals surface area contributed by atoms with E-state index < -0.39 is 41.4 Å². The van der Waals surface area contributed by atoms with Gasteiger partial charge in [-0.3, -0.25) is 19.1 Å². The molecule has 2 heterocycles. The average molecular weight is 606 g/mol. The predicted molar refractivity (Wildman–Crippen MR) is 140 cm³/mol. The maximum Gasteiger partial charge on any atom is 0.490 e. The lowest BCUT2D eigenvalue weighted by Crippen LogP contribution is -2.52. The second-order valence-corrected chi connectivity index (χ2v) is 9.17. The molecule has 9 nitrogen and oxygen atoms in total. The summed E-state index contributed by atoms with van der Waals surface area (Å²) in [7, 11) is 0. The number of hydrogen-bond acceptors (Lipinski definition) is 5. The number of para-hydroxylation sites is 1. The Morgan fingerprint density at radius 1 is 0.884 bits per heavy atom. The predicted octanol–water partition coefficient (Wildman–Crippen LogP) is 3.98. The van der Waals surface area contributed by atoms with Gasteiger partial charge in [-0.1, -0.05) is 18.2 Å². The monoisotopic (exact) mass is 606 g/mol. The number of halogens is 6. The number of aromatic nitrogens is 2. The molecule has 0 unspecified atom stereocenters. The van der Waals surface area contributed by atoms with Gasteiger partial charge in [-0.25, -0.2) is 18.0 Å². The second-order valence-electron chi connectivity index (χ2n) is 9.17. The number of piperazine rings is 1. The zero-order chi connectivity index (χ0) is 31.5. The van der Waals surface area contributed by atoms with E-state index in [0.29, 0.717) is 16.5 Å². The second kappa shape index (κ2) is 12.3. The molecule has 1 saturated heterocycles. The molecule has 15 heteroatoms. The molecule has 4 aromatic rings. The molecule has 3 aromatic carbocycles. The molecule has 43 heavy (non-hydrogen) atoms. The van der Waals surface area contributed by atoms with Crippen LogP contribution in [-0.4, -0.2) is 63.4 Å². The number of fused-ring (bicyclic) bond motifs is 1. The van der Waals surface area contributed by atoms with Crippen molar-refractivity contribution in [3.8, 4) is 0 Å². The number of amides is 2. The highest BCUT2D eigenvalue weighted by atomic mass is 19.4. The minimum atomic E-state index is -5.08. The van der Waals surface area contributed by atoms with Gasteiger partial charge in [-0.15, -0.1) is 0 Å². The molecule has 0 radical (unpaired) electrons. The molecule has 0 atom stereocenters. The van der Waals surface area contributed by atoms with E-state index in [1.54, 1.807) is 28.9 Å². The minimum absolute atomic E-state index is 0.0459. The third kappa shape index (κ3) is 6.99. The summed E-state index contributed by atoms with van der Waals surface area (Å²) in [6.07, 6.45) is -3.88. The topological polar surface area (TPSA) is 113 Å². The van der Waals surface area contributed by atoms with Crippen molar-refractivity contribution in [3.05, 3.63) is 106 Å². The molecule has 5 rings (SSSR count). The summed E-state index contributed by atoms with van der Waals surface area (Å²) >= 11 is 0. The van der Waals surface area contributed by atoms with Crippen molar-refractivity contribution in [3.63, 3.8) is 0 Å². The van der Waals surface area contributed by atoms with Gasteiger partial charge < -0.3 is 14.9 Å². The van der Waals surface area contributed by atoms with Crippen LogP contribution in [-0.2, 0) is 16.1 Å². The third-order valence-corrected chi connectivity index (χ3v) is 6.32. The molecule has 224 valence electrons. The Morgan fingerprint density at radius 3 is 2.21 bits per heavy atom. The van der Waals surface area contributed by atoms with Crippen molar-refractivity contribution in [2.45, 2.75) is 12.7 Å². The number of carbonyl (C=O) groups is 3. The van der Waals surface area contributed by atoms with Crippen molar-refractivity contribution in [2.75, 3.05) is 24.5 Å². The maximum absolute atomic E-state index is 14.7. The molecule has 1 aromatic heterocycles. The number of hydrogen-bond donors (Lipinski definition) is 1. The number of benzene rings is 3. The average Bonchev–Trinajstić information content (AvgIpc) is 2.96. The van der Waals surface area contributed by atoms with Crippen LogP contribution < -0.4 is 10.3 Å². The maximum atomic E-state index is 14.7. The van der Waals surface area contributed by atoms with E-state index in [1.165, 1.54) is 40.3 Å². The lowest BCUT2D eigenvalue weighted by atomic mass is 10.1. The van der Waals surface area contributed by atoms with Crippen LogP contribution in [0.5, 0.6) is 0 Å². The van der Waals surface area contributed by atoms with E-state index in [4.69, 9.17) is 9.90 Å². The number of carboxylic acids is 1. The van der Waals surface area contributed by atoms with E-state index >= 15 is 0 Å². The minimum Gasteiger partial charge on any atom is -0.475 e. The lowest BCUT2D eigenvalue weighted by Gasteiger charge is -2.34. The van der Waals surface area contributed by atoms with Gasteiger partial charge in [-0.2, -0.15) is 18.3 Å². The van der Waals surface area contributed by atoms with Crippen LogP contribution in [0, 0.1) is 17.5 Å². The number of anilines is 1. The molecular formula is C28H20F6N4O5. The zero-order valence-electron chi connectivity index (χ0n) is 21.8. The summed E-state index contributed by atoms with van der Waals surface area (Å²) in [6, 6.07) is 14.2. The molecule has 0 bridgehead atoms. The third-order valence-electron chi connectivity index (χ3n) is 6.32. The van der Waals surface area contributed by atoms with Crippen molar-refractivity contribution in [1.82, 2.24) is 14.7 Å². The largest absolute Gasteiger partial charge is 0.490 e. The van der Waals surface area contributed by atoms with Crippen LogP contribution in [0.4, 0.5) is 32.0 Å². The Kier molecular flexibility index (Phi) is 8.82. The molecule has 1 N–H and O–H groups in total. The van der Waals surface area contributed by atoms with Crippen LogP contribution in [0.1, 0.15) is 15.9 Å². The van der Waals surface area contributed by atoms with Gasteiger partial charge in [-0.05, 0) is 42.0 Å². The normalized spacial score (nSPS) is 13.5. The standard InChI is InChI=1S/C26H19F3N4O3.C2HF3O2/c27-20-7-5-16(14-33-23-4-2-1-3-18(23)24(34)13-30-33)11-19(20)26(36)31-9-10-32(25(35)15-31)17-6-8-21(28)22(29)12-17;3-2(4,5)1(6)7/h1-8,11-13H,9-10,14-15H2;(H,6,7). The van der Waals surface area contributed by atoms with E-state index in [0.717, 1.165) is 12.1 Å². The first-order chi connectivity index (χ1) is 20.3. The van der Waals surface area contributed by atoms with Gasteiger partial charge in [0.25, 0.3) is 5.91 Å². The summed E-state index contributed by atoms with van der Waals surface area (Å²) in [5, 5.41) is 11.8. The number of carboxylic acid groups (broad SMARTS) is 1. The van der Waals surface area contributed by atoms with E-state index in [1.807, 2.05) is 0 Å². The molecule has 1 fully saturated rings. The smallest absolute Gasteiger partial charge is 0.475 e. The highest BCUT2D eigenvalue weighted by molar-refractivity contribution is 6.01. The van der Waals surface area contributed by atoms with Gasteiger partial charge >= 0.3 is 12.1 Å². The van der Waals surface area contributed by atoms with Crippen LogP contribution in [0.3, 0.4) is 0 Å². The number of alkyl halides is 3. The Labute approximate surface area is 238 Å². The summed E-state index contributed by atoms with van der Waals surface area (Å²) in [5.74, 6) is -6.76. The zero-order valence-corrected chi connectivity index (χ0v) is 21.8. The molecule has 0 saturated carbocycles. The van der Waals surface area contributed by atoms with E-state index in [9.17, 15) is 40.7 Å². The molecule has 0 spiro atoms. The SMILES string of the molecule is O=C(O)C(F)(F)F.O=C(c1cc(Cn2ncc(=O)c3ccccc32)ccc1F)N1CCN(c2ccc(F)c(F)c2)C(=O)C1. The first-order valence-corrected chi connectivity index (χ1v) is 12.3. The van der Waals surface area contributed by atoms with Gasteiger partial charge in [0.2, 0.25) is 11.3 Å². The quantitative estimate of drug-likeness (QED) is 0.352. The summed E-state index contributed by atoms with van der Waals surface area (Å²) in [4.78, 5) is 49.2. The van der Waals surface area contributed by atoms with Gasteiger partial charge in [0.05, 0.1) is 23.8 Å². The Balaban J connectivity index is 0.000000541. The highest BCUT2D eigenvalue weighted by Gasteiger charge is 2.38. The van der Waals surface area contributed by atoms with E-state index in [2.05, 4.69) is 5.10 Å². The molecule has 1 aliphatic rings. The van der Waals surface area contributed by atoms with Crippen LogP contribution in [0.15, 0.2) is 71.7 Å². The summed E-state index contributed by atoms with van der Waals surface area (Å²) in [5.41, 5.74) is 0.935. The lowest BCUT2D eigenvalue weighted by molar-refractivity contribution is -0.192. The summed E-state index contributed by atoms with van der Waals surface area (Å²) in [6.45, 7) is -0.0268. The molecule has 1 aliphatic heterocycles. The van der Waals surface area contributed by atoms with Gasteiger partial charge in [0.15, 0.2) is 11.6 Å². The van der Waals surface area contributed by atoms with Crippen molar-refractivity contribution in [1.29, 1.82) is 0 Å². The number of carbonyl (C=O) groups excluding carboxylic acids is 2. The van der Waals surface area contributed by atoms with Crippen LogP contribution >= 0.6 is 0 Å². The number of aliphatic carboxylic acids is 1. The summed E-state index contributed by atoms with van der Waals surface area (Å²) < 4.78 is 74.8. The Bertz CT molecular complexity index is 1780. The Hall–Kier alpha value is -5.21. The van der Waals surface area contributed by atoms with Crippen molar-refractivity contribution in [2.24, 2.45) is 0 Å². The molecular weight excluding hydrogens is 586 g/mol. The van der Waals surface area contributed by atoms with Crippen molar-refractivity contribution >= 4 is 34.4 Å². The fraction of sp³-hybridized carbons (Fsp3) is 0.179. The fourth-order valence-electron chi connectivity index (χ4n) is 4.24. The van der Waals surface area contributed by atoms with Crippen LogP contribution in [0.2, 0.25) is 0 Å². The molecule has 0 aliphatic carbocycles. The molecule has 2 amide bonds. The first kappa shape index (κ1) is 30.7. The Morgan fingerprint density at radius 2 is 1.56 bits per heavy atom.